The molecule has 5 aromatic carbocycles. The van der Waals surface area contributed by atoms with Crippen LogP contribution in [0.1, 0.15) is 315 Å². The van der Waals surface area contributed by atoms with Crippen molar-refractivity contribution in [2.45, 2.75) is 292 Å². The maximum Gasteiger partial charge on any atom is 0.316 e. The number of carbonyl (C=O) groups excluding carboxylic acids is 11. The van der Waals surface area contributed by atoms with Gasteiger partial charge in [-0.2, -0.15) is 0 Å². The lowest BCUT2D eigenvalue weighted by molar-refractivity contribution is -0.903. The van der Waals surface area contributed by atoms with Gasteiger partial charge in [0.1, 0.15) is 64.2 Å². The molecule has 0 aliphatic carbocycles. The Morgan fingerprint density at radius 3 is 0.899 bits per heavy atom. The van der Waals surface area contributed by atoms with Gasteiger partial charge in [0, 0.05) is 39.9 Å². The Kier molecular flexibility index (Phi) is 71.3. The van der Waals surface area contributed by atoms with Gasteiger partial charge in [-0.05, 0) is 245 Å². The van der Waals surface area contributed by atoms with E-state index in [1.807, 2.05) is 281 Å². The number of alkyl halides is 6. The second-order valence-corrected chi connectivity index (χ2v) is 46.7. The predicted octanol–water partition coefficient (Wildman–Crippen LogP) is 18.1. The molecule has 4 N–H and O–H groups in total. The molecule has 28 nitrogen and oxygen atoms in total. The Bertz CT molecular complexity index is 4750. The van der Waals surface area contributed by atoms with E-state index >= 15 is 0 Å². The number of aromatic nitrogens is 3. The molecule has 1 aromatic heterocycles. The van der Waals surface area contributed by atoms with Gasteiger partial charge in [0.15, 0.2) is 29.0 Å². The van der Waals surface area contributed by atoms with Crippen LogP contribution in [-0.4, -0.2) is 213 Å². The van der Waals surface area contributed by atoms with Crippen LogP contribution in [0, 0.1) is 49.2 Å². The number of likely N-dealkylation sites (N-methyl/N-ethyl adjacent to an activating group) is 2. The third kappa shape index (κ3) is 60.4. The molecule has 148 heavy (non-hydrogen) atoms. The van der Waals surface area contributed by atoms with E-state index in [1.54, 1.807) is 60.7 Å². The van der Waals surface area contributed by atoms with Gasteiger partial charge in [0.25, 0.3) is 0 Å². The van der Waals surface area contributed by atoms with Crippen molar-refractivity contribution in [3.63, 3.8) is 0 Å². The second kappa shape index (κ2) is 71.1. The molecule has 6 rings (SSSR count). The molecular weight excluding hydrogens is 2110 g/mol. The van der Waals surface area contributed by atoms with Crippen molar-refractivity contribution >= 4 is 135 Å². The van der Waals surface area contributed by atoms with Crippen LogP contribution in [-0.2, 0) is 90.4 Å². The average molecular weight is 2280 g/mol. The van der Waals surface area contributed by atoms with Crippen molar-refractivity contribution in [3.05, 3.63) is 173 Å². The van der Waals surface area contributed by atoms with Crippen molar-refractivity contribution in [2.75, 3.05) is 101 Å². The number of hydrogen-bond donors (Lipinski definition) is 3. The predicted molar refractivity (Wildman–Crippen MR) is 584 cm³/mol. The van der Waals surface area contributed by atoms with Crippen molar-refractivity contribution < 1.29 is 144 Å². The summed E-state index contributed by atoms with van der Waals surface area (Å²) in [5, 5.41) is 16.8. The molecule has 6 aromatic rings. The number of esters is 9. The number of benzene rings is 5. The zero-order valence-corrected chi connectivity index (χ0v) is 101. The molecular formula is C112H174BrCl7N6O22. The number of carbonyl (C=O) groups is 11. The van der Waals surface area contributed by atoms with Crippen LogP contribution in [0.3, 0.4) is 0 Å². The van der Waals surface area contributed by atoms with Crippen LogP contribution in [0.15, 0.2) is 133 Å². The van der Waals surface area contributed by atoms with Gasteiger partial charge in [-0.15, -0.1) is 0 Å². The molecule has 0 fully saturated rings. The maximum atomic E-state index is 12.5. The third-order valence-electron chi connectivity index (χ3n) is 23.8. The van der Waals surface area contributed by atoms with E-state index in [2.05, 4.69) is 50.2 Å². The molecule has 0 saturated carbocycles. The highest BCUT2D eigenvalue weighted by Gasteiger charge is 2.37. The number of rotatable bonds is 41. The molecule has 0 radical (unpaired) electrons. The van der Waals surface area contributed by atoms with Crippen LogP contribution >= 0.6 is 69.6 Å². The van der Waals surface area contributed by atoms with E-state index in [-0.39, 0.29) is 178 Å². The second-order valence-electron chi connectivity index (χ2n) is 42.1. The fraction of sp³-hybridized carbons (Fsp3) is 0.607. The minimum Gasteiger partial charge on any atom is -1.00 e. The number of ketones is 2. The summed E-state index contributed by atoms with van der Waals surface area (Å²) in [6.07, 6.45) is 6.87. The van der Waals surface area contributed by atoms with Crippen LogP contribution in [0.2, 0.25) is 0 Å². The monoisotopic (exact) mass is 2280 g/mol. The summed E-state index contributed by atoms with van der Waals surface area (Å²) >= 11 is 35.2. The maximum absolute atomic E-state index is 12.5. The van der Waals surface area contributed by atoms with Gasteiger partial charge in [-0.25, -0.2) is 15.0 Å². The van der Waals surface area contributed by atoms with Crippen molar-refractivity contribution in [1.82, 2.24) is 15.0 Å². The lowest BCUT2D eigenvalue weighted by Gasteiger charge is -2.29. The molecule has 0 amide bonds. The van der Waals surface area contributed by atoms with Gasteiger partial charge in [-0.3, -0.25) is 52.7 Å². The summed E-state index contributed by atoms with van der Waals surface area (Å²) in [6, 6.07) is 39.2. The topological polar surface area (TPSA) is 376 Å². The van der Waals surface area contributed by atoms with Gasteiger partial charge in [-0.1, -0.05) is 224 Å². The van der Waals surface area contributed by atoms with E-state index < -0.39 is 29.2 Å². The lowest BCUT2D eigenvalue weighted by atomic mass is 9.91. The number of aliphatic hydroxyl groups excluding tert-OH is 2. The first-order valence-electron chi connectivity index (χ1n) is 49.8. The number of quaternary nitrogens is 2. The van der Waals surface area contributed by atoms with E-state index in [9.17, 15) is 52.7 Å². The molecule has 840 valence electrons. The largest absolute Gasteiger partial charge is 1.00 e. The quantitative estimate of drug-likeness (QED) is 0.00801. The average Bonchev–Trinajstić information content (AvgIpc) is 0.788. The molecule has 1 heterocycles. The molecule has 1 atom stereocenters. The Morgan fingerprint density at radius 2 is 0.622 bits per heavy atom. The zero-order valence-electron chi connectivity index (χ0n) is 94.5. The first-order valence-corrected chi connectivity index (χ1v) is 52.0. The smallest absolute Gasteiger partial charge is 0.316 e. The molecule has 36 heteroatoms. The number of nitrogens with zero attached hydrogens (tertiary/aromatic N) is 5. The zero-order chi connectivity index (χ0) is 114. The van der Waals surface area contributed by atoms with Crippen LogP contribution in [0.25, 0.3) is 11.4 Å². The van der Waals surface area contributed by atoms with Gasteiger partial charge in [0.05, 0.1) is 110 Å². The summed E-state index contributed by atoms with van der Waals surface area (Å²) in [4.78, 5) is 140. The summed E-state index contributed by atoms with van der Waals surface area (Å²) in [7, 11) is 10.5. The first kappa shape index (κ1) is 148. The van der Waals surface area contributed by atoms with E-state index in [4.69, 9.17) is 128 Å². The Morgan fingerprint density at radius 1 is 0.351 bits per heavy atom. The standard InChI is InChI=1S/C23H30NO3.C19H20O3.C17H15Cl6N3O2.C11H24NO2.2C9H18O2.C8H17NO2.2C8H16O3.BrH.ClH/c1-5-18(2)23(26)27-16-15-24(3,4)17-19-11-13-21(14-12-19)22(25)20-9-7-6-8-10-20;1-4-19(2,3)18(21)22-16-12-10-15(11-13-16)17(20)14-8-6-5-7-9-14;1-4-15(2,3)14(27)28-10-7-5-9(6-8-10)11-24-12(16(18,19)20)26-13(25-11)17(21,22)23;1-7-11(2,3)10(13)14-9-8-12(4,5)6;2*1-6-9(4,5)8(10)11-7(2)3;3*1-4-8(2,3)7(10)11-6-5-9;;/h6-14,18H,5,15-17H2,1-4H3;5-13H,4H2,1-3H3;5-8H,4H2,1-3H3;7-9H2,1-6H3;2*7H,6H2,1-5H3;4-6,9H2,1-3H3;2*9H,4-6H2,1-3H3;2*1H/q+1;;;+1;;;;;;;/p-2. The number of nitrogens with two attached hydrogens (primary N) is 1. The Balaban J connectivity index is -0.000000533. The minimum absolute atomic E-state index is 0. The number of hydrogen-bond acceptors (Lipinski definition) is 26. The van der Waals surface area contributed by atoms with Crippen molar-refractivity contribution in [3.8, 4) is 22.9 Å². The van der Waals surface area contributed by atoms with Gasteiger partial charge >= 0.3 is 53.7 Å². The minimum atomic E-state index is -1.94. The summed E-state index contributed by atoms with van der Waals surface area (Å²) in [5.41, 5.74) is 6.13. The van der Waals surface area contributed by atoms with E-state index in [0.29, 0.717) is 83.0 Å². The molecule has 0 aliphatic heterocycles. The molecule has 1 unspecified atom stereocenters. The van der Waals surface area contributed by atoms with Crippen LogP contribution in [0.4, 0.5) is 0 Å². The summed E-state index contributed by atoms with van der Waals surface area (Å²) < 4.78 is 43.5. The number of ether oxygens (including phenoxy) is 9. The normalized spacial score (nSPS) is 11.8. The Hall–Kier alpha value is -8.01. The molecule has 0 aliphatic rings. The first-order chi connectivity index (χ1) is 67.1. The number of halogens is 8. The highest BCUT2D eigenvalue weighted by atomic mass is 79.9. The van der Waals surface area contributed by atoms with Crippen molar-refractivity contribution in [1.29, 1.82) is 0 Å². The van der Waals surface area contributed by atoms with Crippen LogP contribution in [0.5, 0.6) is 11.5 Å². The summed E-state index contributed by atoms with van der Waals surface area (Å²) in [5.74, 6) is -1.15. The highest BCUT2D eigenvalue weighted by Crippen LogP contribution is 2.42. The van der Waals surface area contributed by atoms with Crippen molar-refractivity contribution in [2.24, 2.45) is 55.0 Å². The SMILES string of the molecule is CCC(C)(C)C(=O)OC(C)C.CCC(C)(C)C(=O)OC(C)C.CCC(C)(C)C(=O)OCCN.CCC(C)(C)C(=O)OCCO.CCC(C)(C)C(=O)OCCO.CCC(C)(C)C(=O)OCC[N+](C)(C)C.CCC(C)(C)C(=O)Oc1ccc(-c2nc(C(Cl)(Cl)Cl)nc(C(Cl)(Cl)Cl)n2)cc1.CCC(C)(C)C(=O)Oc1ccc(C(=O)c2ccccc2)cc1.CCC(C)C(=O)OCC[N+](C)(C)Cc1ccc(C(=O)c2ccccc2)cc1.[Br-].[Cl-]. The lowest BCUT2D eigenvalue weighted by Crippen LogP contribution is -3.00. The Labute approximate surface area is 930 Å². The third-order valence-corrected chi connectivity index (χ3v) is 24.8. The van der Waals surface area contributed by atoms with Gasteiger partial charge < -0.3 is 96.9 Å². The fourth-order valence-electron chi connectivity index (χ4n) is 9.67. The molecule has 0 bridgehead atoms. The highest BCUT2D eigenvalue weighted by molar-refractivity contribution is 6.67. The van der Waals surface area contributed by atoms with E-state index in [0.717, 1.165) is 74.6 Å². The van der Waals surface area contributed by atoms with Crippen LogP contribution < -0.4 is 44.6 Å². The number of aliphatic hydroxyl groups is 2. The fourth-order valence-corrected chi connectivity index (χ4v) is 10.2. The molecule has 0 spiro atoms. The molecule has 0 saturated heterocycles. The summed E-state index contributed by atoms with van der Waals surface area (Å²) in [6.45, 7) is 60.8. The van der Waals surface area contributed by atoms with E-state index in [1.165, 1.54) is 0 Å². The van der Waals surface area contributed by atoms with Gasteiger partial charge in [0.2, 0.25) is 7.59 Å².